The molecule has 0 amide bonds. The second kappa shape index (κ2) is 4.17. The van der Waals surface area contributed by atoms with Crippen molar-refractivity contribution < 1.29 is 4.79 Å². The number of carbonyl (C=O) groups excluding carboxylic acids is 1. The van der Waals surface area contributed by atoms with Crippen LogP contribution in [0.5, 0.6) is 0 Å². The molecule has 17 heavy (non-hydrogen) atoms. The second-order valence-electron chi connectivity index (χ2n) is 4.63. The zero-order valence-electron chi connectivity index (χ0n) is 9.54. The Labute approximate surface area is 100 Å². The summed E-state index contributed by atoms with van der Waals surface area (Å²) in [4.78, 5) is 10.6. The minimum atomic E-state index is 0.708. The van der Waals surface area contributed by atoms with Crippen LogP contribution in [0.2, 0.25) is 0 Å². The molecule has 0 unspecified atom stereocenters. The highest BCUT2D eigenvalue weighted by Gasteiger charge is 2.21. The van der Waals surface area contributed by atoms with E-state index in [-0.39, 0.29) is 0 Å². The van der Waals surface area contributed by atoms with Crippen molar-refractivity contribution in [3.05, 3.63) is 42.2 Å². The Morgan fingerprint density at radius 3 is 2.65 bits per heavy atom. The molecular formula is C14H14N2O. The van der Waals surface area contributed by atoms with Crippen molar-refractivity contribution in [3.63, 3.8) is 0 Å². The third-order valence-corrected chi connectivity index (χ3v) is 3.16. The van der Waals surface area contributed by atoms with E-state index in [1.165, 1.54) is 12.8 Å². The van der Waals surface area contributed by atoms with E-state index in [9.17, 15) is 4.79 Å². The maximum atomic E-state index is 10.6. The van der Waals surface area contributed by atoms with E-state index in [0.29, 0.717) is 5.56 Å². The molecule has 1 saturated carbocycles. The third-order valence-electron chi connectivity index (χ3n) is 3.16. The molecule has 0 spiro atoms. The molecule has 1 fully saturated rings. The summed E-state index contributed by atoms with van der Waals surface area (Å²) < 4.78 is 2.01. The van der Waals surface area contributed by atoms with Gasteiger partial charge in [-0.2, -0.15) is 5.10 Å². The highest BCUT2D eigenvalue weighted by molar-refractivity contribution is 5.76. The Kier molecular flexibility index (Phi) is 2.52. The average Bonchev–Trinajstić information content (AvgIpc) is 3.06. The van der Waals surface area contributed by atoms with E-state index >= 15 is 0 Å². The van der Waals surface area contributed by atoms with Crippen LogP contribution in [-0.2, 0) is 6.54 Å². The molecule has 0 atom stereocenters. The van der Waals surface area contributed by atoms with Crippen LogP contribution in [0.3, 0.4) is 0 Å². The monoisotopic (exact) mass is 226 g/mol. The van der Waals surface area contributed by atoms with Gasteiger partial charge in [0.2, 0.25) is 0 Å². The summed E-state index contributed by atoms with van der Waals surface area (Å²) >= 11 is 0. The summed E-state index contributed by atoms with van der Waals surface area (Å²) in [7, 11) is 0. The van der Waals surface area contributed by atoms with Gasteiger partial charge in [0.15, 0.2) is 0 Å². The SMILES string of the molecule is O=Cc1ccc(-c2cnn(CC3CC3)c2)cc1. The van der Waals surface area contributed by atoms with Crippen LogP contribution in [0.4, 0.5) is 0 Å². The van der Waals surface area contributed by atoms with Gasteiger partial charge >= 0.3 is 0 Å². The predicted molar refractivity (Wildman–Crippen MR) is 65.8 cm³/mol. The maximum absolute atomic E-state index is 10.6. The molecule has 1 aliphatic rings. The number of aldehydes is 1. The van der Waals surface area contributed by atoms with E-state index < -0.39 is 0 Å². The van der Waals surface area contributed by atoms with Crippen molar-refractivity contribution >= 4 is 6.29 Å². The first-order valence-electron chi connectivity index (χ1n) is 5.93. The van der Waals surface area contributed by atoms with Crippen molar-refractivity contribution in [1.82, 2.24) is 9.78 Å². The van der Waals surface area contributed by atoms with Gasteiger partial charge in [-0.05, 0) is 24.3 Å². The van der Waals surface area contributed by atoms with Crippen LogP contribution in [0, 0.1) is 5.92 Å². The van der Waals surface area contributed by atoms with Gasteiger partial charge in [-0.25, -0.2) is 0 Å². The highest BCUT2D eigenvalue weighted by Crippen LogP contribution is 2.30. The number of hydrogen-bond donors (Lipinski definition) is 0. The molecule has 86 valence electrons. The summed E-state index contributed by atoms with van der Waals surface area (Å²) in [6.07, 6.45) is 7.50. The minimum Gasteiger partial charge on any atom is -0.298 e. The largest absolute Gasteiger partial charge is 0.298 e. The molecule has 0 saturated heterocycles. The summed E-state index contributed by atoms with van der Waals surface area (Å²) in [5, 5.41) is 4.36. The number of benzene rings is 1. The van der Waals surface area contributed by atoms with Crippen LogP contribution >= 0.6 is 0 Å². The Bertz CT molecular complexity index is 523. The van der Waals surface area contributed by atoms with Gasteiger partial charge in [0.25, 0.3) is 0 Å². The van der Waals surface area contributed by atoms with Crippen LogP contribution in [-0.4, -0.2) is 16.1 Å². The third kappa shape index (κ3) is 2.28. The van der Waals surface area contributed by atoms with E-state index in [0.717, 1.165) is 29.9 Å². The predicted octanol–water partition coefficient (Wildman–Crippen LogP) is 2.77. The lowest BCUT2D eigenvalue weighted by Crippen LogP contribution is -1.98. The van der Waals surface area contributed by atoms with Crippen LogP contribution in [0.15, 0.2) is 36.7 Å². The molecule has 1 aromatic carbocycles. The van der Waals surface area contributed by atoms with Crippen LogP contribution in [0.25, 0.3) is 11.1 Å². The molecule has 3 rings (SSSR count). The Hall–Kier alpha value is -1.90. The van der Waals surface area contributed by atoms with Gasteiger partial charge in [-0.1, -0.05) is 24.3 Å². The fourth-order valence-electron chi connectivity index (χ4n) is 1.93. The van der Waals surface area contributed by atoms with Gasteiger partial charge in [0.05, 0.1) is 6.20 Å². The molecular weight excluding hydrogens is 212 g/mol. The molecule has 1 aliphatic carbocycles. The highest BCUT2D eigenvalue weighted by atomic mass is 16.1. The zero-order valence-corrected chi connectivity index (χ0v) is 9.54. The topological polar surface area (TPSA) is 34.9 Å². The van der Waals surface area contributed by atoms with Crippen molar-refractivity contribution in [2.75, 3.05) is 0 Å². The first-order valence-corrected chi connectivity index (χ1v) is 5.93. The first kappa shape index (κ1) is 10.3. The van der Waals surface area contributed by atoms with E-state index in [4.69, 9.17) is 0 Å². The quantitative estimate of drug-likeness (QED) is 0.751. The van der Waals surface area contributed by atoms with Gasteiger partial charge in [0, 0.05) is 23.9 Å². The van der Waals surface area contributed by atoms with Crippen molar-refractivity contribution in [1.29, 1.82) is 0 Å². The molecule has 0 bridgehead atoms. The molecule has 1 heterocycles. The Balaban J connectivity index is 1.81. The van der Waals surface area contributed by atoms with Crippen molar-refractivity contribution in [3.8, 4) is 11.1 Å². The van der Waals surface area contributed by atoms with Crippen molar-refractivity contribution in [2.45, 2.75) is 19.4 Å². The minimum absolute atomic E-state index is 0.708. The number of rotatable bonds is 4. The zero-order chi connectivity index (χ0) is 11.7. The Morgan fingerprint density at radius 1 is 1.24 bits per heavy atom. The standard InChI is InChI=1S/C14H14N2O/c17-10-12-3-5-13(6-4-12)14-7-15-16(9-14)8-11-1-2-11/h3-7,9-11H,1-2,8H2. The molecule has 3 heteroatoms. The summed E-state index contributed by atoms with van der Waals surface area (Å²) in [5.41, 5.74) is 2.93. The van der Waals surface area contributed by atoms with Gasteiger partial charge in [0.1, 0.15) is 6.29 Å². The lowest BCUT2D eigenvalue weighted by atomic mass is 10.1. The molecule has 3 nitrogen and oxygen atoms in total. The van der Waals surface area contributed by atoms with E-state index in [1.54, 1.807) is 0 Å². The van der Waals surface area contributed by atoms with Gasteiger partial charge < -0.3 is 0 Å². The van der Waals surface area contributed by atoms with Crippen LogP contribution in [0.1, 0.15) is 23.2 Å². The first-order chi connectivity index (χ1) is 8.35. The Morgan fingerprint density at radius 2 is 2.00 bits per heavy atom. The molecule has 0 N–H and O–H groups in total. The summed E-state index contributed by atoms with van der Waals surface area (Å²) in [6, 6.07) is 7.59. The lowest BCUT2D eigenvalue weighted by molar-refractivity contribution is 0.112. The molecule has 2 aromatic rings. The van der Waals surface area contributed by atoms with E-state index in [2.05, 4.69) is 11.3 Å². The van der Waals surface area contributed by atoms with Crippen molar-refractivity contribution in [2.24, 2.45) is 5.92 Å². The summed E-state index contributed by atoms with van der Waals surface area (Å²) in [5.74, 6) is 0.834. The van der Waals surface area contributed by atoms with Crippen LogP contribution < -0.4 is 0 Å². The van der Waals surface area contributed by atoms with E-state index in [1.807, 2.05) is 35.1 Å². The number of aromatic nitrogens is 2. The fourth-order valence-corrected chi connectivity index (χ4v) is 1.93. The lowest BCUT2D eigenvalue weighted by Gasteiger charge is -1.98. The number of nitrogens with zero attached hydrogens (tertiary/aromatic N) is 2. The summed E-state index contributed by atoms with van der Waals surface area (Å²) in [6.45, 7) is 1.03. The number of carbonyl (C=O) groups is 1. The second-order valence-corrected chi connectivity index (χ2v) is 4.63. The van der Waals surface area contributed by atoms with Gasteiger partial charge in [-0.15, -0.1) is 0 Å². The molecule has 0 radical (unpaired) electrons. The average molecular weight is 226 g/mol. The smallest absolute Gasteiger partial charge is 0.150 e. The molecule has 0 aliphatic heterocycles. The maximum Gasteiger partial charge on any atom is 0.150 e. The van der Waals surface area contributed by atoms with Gasteiger partial charge in [-0.3, -0.25) is 9.48 Å². The molecule has 1 aromatic heterocycles. The fraction of sp³-hybridized carbons (Fsp3) is 0.286. The number of hydrogen-bond acceptors (Lipinski definition) is 2. The normalized spacial score (nSPS) is 14.8.